The molecule has 0 spiro atoms. The van der Waals surface area contributed by atoms with Crippen molar-refractivity contribution in [1.29, 1.82) is 0 Å². The fourth-order valence-electron chi connectivity index (χ4n) is 2.28. The first-order valence-corrected chi connectivity index (χ1v) is 6.89. The maximum absolute atomic E-state index is 14.1. The van der Waals surface area contributed by atoms with Crippen molar-refractivity contribution in [1.82, 2.24) is 10.2 Å². The van der Waals surface area contributed by atoms with Gasteiger partial charge in [0.2, 0.25) is 0 Å². The number of rotatable bonds is 7. The molecule has 19 heavy (non-hydrogen) atoms. The predicted molar refractivity (Wildman–Crippen MR) is 75.3 cm³/mol. The molecule has 0 fully saturated rings. The smallest absolute Gasteiger partial charge is 0.133 e. The van der Waals surface area contributed by atoms with Crippen LogP contribution < -0.4 is 5.32 Å². The molecule has 0 aliphatic carbocycles. The fraction of sp³-hybridized carbons (Fsp3) is 0.600. The molecule has 1 atom stereocenters. The summed E-state index contributed by atoms with van der Waals surface area (Å²) in [7, 11) is 1.74. The third-order valence-electron chi connectivity index (χ3n) is 3.64. The van der Waals surface area contributed by atoms with Crippen LogP contribution in [0.4, 0.5) is 8.78 Å². The molecule has 1 N–H and O–H groups in total. The van der Waals surface area contributed by atoms with E-state index in [-0.39, 0.29) is 11.6 Å². The average Bonchev–Trinajstić information content (AvgIpc) is 2.42. The highest BCUT2D eigenvalue weighted by Gasteiger charge is 2.20. The second-order valence-electron chi connectivity index (χ2n) is 4.75. The van der Waals surface area contributed by atoms with Crippen LogP contribution in [0.1, 0.15) is 37.4 Å². The van der Waals surface area contributed by atoms with Crippen LogP contribution in [0.5, 0.6) is 0 Å². The molecule has 1 aromatic carbocycles. The van der Waals surface area contributed by atoms with Gasteiger partial charge in [-0.15, -0.1) is 0 Å². The van der Waals surface area contributed by atoms with Crippen LogP contribution in [0.3, 0.4) is 0 Å². The van der Waals surface area contributed by atoms with Crippen molar-refractivity contribution in [3.63, 3.8) is 0 Å². The normalized spacial score (nSPS) is 13.0. The Balaban J connectivity index is 2.88. The molecule has 1 rings (SSSR count). The standard InChI is InChI=1S/C15H24F2N2/c1-5-19(6-2)10-9-13(18-4)14-12(16)8-7-11(3)15(14)17/h7-8,13,18H,5-6,9-10H2,1-4H3. The molecule has 0 radical (unpaired) electrons. The first-order chi connectivity index (χ1) is 9.04. The van der Waals surface area contributed by atoms with Gasteiger partial charge in [-0.2, -0.15) is 0 Å². The lowest BCUT2D eigenvalue weighted by molar-refractivity contribution is 0.281. The van der Waals surface area contributed by atoms with Crippen LogP contribution in [0.15, 0.2) is 12.1 Å². The minimum Gasteiger partial charge on any atom is -0.313 e. The molecule has 4 heteroatoms. The molecule has 1 unspecified atom stereocenters. The molecule has 108 valence electrons. The van der Waals surface area contributed by atoms with E-state index in [0.29, 0.717) is 12.0 Å². The molecule has 0 saturated heterocycles. The van der Waals surface area contributed by atoms with Crippen molar-refractivity contribution in [2.75, 3.05) is 26.7 Å². The Morgan fingerprint density at radius 3 is 2.37 bits per heavy atom. The van der Waals surface area contributed by atoms with Crippen LogP contribution in [-0.4, -0.2) is 31.6 Å². The highest BCUT2D eigenvalue weighted by molar-refractivity contribution is 5.29. The fourth-order valence-corrected chi connectivity index (χ4v) is 2.28. The first-order valence-electron chi connectivity index (χ1n) is 6.89. The molecule has 0 amide bonds. The molecule has 1 aromatic rings. The van der Waals surface area contributed by atoms with Crippen molar-refractivity contribution in [3.8, 4) is 0 Å². The van der Waals surface area contributed by atoms with Gasteiger partial charge in [-0.3, -0.25) is 0 Å². The van der Waals surface area contributed by atoms with Gasteiger partial charge in [0.1, 0.15) is 11.6 Å². The van der Waals surface area contributed by atoms with Gasteiger partial charge in [0.05, 0.1) is 0 Å². The van der Waals surface area contributed by atoms with E-state index in [9.17, 15) is 8.78 Å². The summed E-state index contributed by atoms with van der Waals surface area (Å²) in [5, 5.41) is 3.02. The Kier molecular flexibility index (Phi) is 6.38. The lowest BCUT2D eigenvalue weighted by atomic mass is 9.99. The summed E-state index contributed by atoms with van der Waals surface area (Å²) >= 11 is 0. The van der Waals surface area contributed by atoms with E-state index in [4.69, 9.17) is 0 Å². The van der Waals surface area contributed by atoms with Gasteiger partial charge >= 0.3 is 0 Å². The van der Waals surface area contributed by atoms with E-state index < -0.39 is 11.6 Å². The zero-order valence-corrected chi connectivity index (χ0v) is 12.3. The maximum Gasteiger partial charge on any atom is 0.133 e. The largest absolute Gasteiger partial charge is 0.313 e. The summed E-state index contributed by atoms with van der Waals surface area (Å²) in [6, 6.07) is 2.53. The Labute approximate surface area is 114 Å². The van der Waals surface area contributed by atoms with Gasteiger partial charge in [-0.05, 0) is 51.7 Å². The van der Waals surface area contributed by atoms with Gasteiger partial charge in [0.15, 0.2) is 0 Å². The molecule has 0 aliphatic rings. The van der Waals surface area contributed by atoms with Crippen molar-refractivity contribution >= 4 is 0 Å². The molecule has 0 aliphatic heterocycles. The van der Waals surface area contributed by atoms with Gasteiger partial charge in [-0.1, -0.05) is 19.9 Å². The van der Waals surface area contributed by atoms with Crippen molar-refractivity contribution < 1.29 is 8.78 Å². The maximum atomic E-state index is 14.1. The number of nitrogens with one attached hydrogen (secondary N) is 1. The van der Waals surface area contributed by atoms with Crippen molar-refractivity contribution in [2.24, 2.45) is 0 Å². The minimum atomic E-state index is -0.470. The number of benzene rings is 1. The van der Waals surface area contributed by atoms with E-state index in [0.717, 1.165) is 19.6 Å². The predicted octanol–water partition coefficient (Wildman–Crippen LogP) is 3.27. The summed E-state index contributed by atoms with van der Waals surface area (Å²) in [6.07, 6.45) is 0.690. The van der Waals surface area contributed by atoms with E-state index in [1.165, 1.54) is 12.1 Å². The lowest BCUT2D eigenvalue weighted by Gasteiger charge is -2.23. The summed E-state index contributed by atoms with van der Waals surface area (Å²) in [5.74, 6) is -0.902. The molecule has 0 bridgehead atoms. The van der Waals surface area contributed by atoms with E-state index in [2.05, 4.69) is 24.1 Å². The SMILES string of the molecule is CCN(CC)CCC(NC)c1c(F)ccc(C)c1F. The van der Waals surface area contributed by atoms with Gasteiger partial charge < -0.3 is 10.2 Å². The zero-order chi connectivity index (χ0) is 14.4. The topological polar surface area (TPSA) is 15.3 Å². The summed E-state index contributed by atoms with van der Waals surface area (Å²) < 4.78 is 28.0. The van der Waals surface area contributed by atoms with Crippen molar-refractivity contribution in [3.05, 3.63) is 34.9 Å². The van der Waals surface area contributed by atoms with Gasteiger partial charge in [0, 0.05) is 11.6 Å². The third-order valence-corrected chi connectivity index (χ3v) is 3.64. The monoisotopic (exact) mass is 270 g/mol. The van der Waals surface area contributed by atoms with Crippen LogP contribution in [0.2, 0.25) is 0 Å². The highest BCUT2D eigenvalue weighted by atomic mass is 19.1. The number of hydrogen-bond acceptors (Lipinski definition) is 2. The quantitative estimate of drug-likeness (QED) is 0.818. The molecule has 2 nitrogen and oxygen atoms in total. The lowest BCUT2D eigenvalue weighted by Crippen LogP contribution is -2.29. The van der Waals surface area contributed by atoms with Crippen LogP contribution in [0, 0.1) is 18.6 Å². The Bertz CT molecular complexity index is 403. The molecular weight excluding hydrogens is 246 g/mol. The van der Waals surface area contributed by atoms with Crippen LogP contribution >= 0.6 is 0 Å². The average molecular weight is 270 g/mol. The van der Waals surface area contributed by atoms with E-state index in [1.807, 2.05) is 0 Å². The number of nitrogens with zero attached hydrogens (tertiary/aromatic N) is 1. The van der Waals surface area contributed by atoms with Crippen LogP contribution in [0.25, 0.3) is 0 Å². The number of halogens is 2. The van der Waals surface area contributed by atoms with Crippen LogP contribution in [-0.2, 0) is 0 Å². The van der Waals surface area contributed by atoms with Gasteiger partial charge in [-0.25, -0.2) is 8.78 Å². The second kappa shape index (κ2) is 7.56. The van der Waals surface area contributed by atoms with E-state index >= 15 is 0 Å². The number of hydrogen-bond donors (Lipinski definition) is 1. The Morgan fingerprint density at radius 2 is 1.84 bits per heavy atom. The highest BCUT2D eigenvalue weighted by Crippen LogP contribution is 2.25. The third kappa shape index (κ3) is 3.98. The molecular formula is C15H24F2N2. The summed E-state index contributed by atoms with van der Waals surface area (Å²) in [4.78, 5) is 2.25. The summed E-state index contributed by atoms with van der Waals surface area (Å²) in [6.45, 7) is 8.57. The van der Waals surface area contributed by atoms with E-state index in [1.54, 1.807) is 14.0 Å². The van der Waals surface area contributed by atoms with Gasteiger partial charge in [0.25, 0.3) is 0 Å². The minimum absolute atomic E-state index is 0.162. The second-order valence-corrected chi connectivity index (χ2v) is 4.75. The number of aryl methyl sites for hydroxylation is 1. The van der Waals surface area contributed by atoms with Crippen molar-refractivity contribution in [2.45, 2.75) is 33.2 Å². The molecule has 0 heterocycles. The Morgan fingerprint density at radius 1 is 1.21 bits per heavy atom. The summed E-state index contributed by atoms with van der Waals surface area (Å²) in [5.41, 5.74) is 0.647. The molecule has 0 aromatic heterocycles. The zero-order valence-electron chi connectivity index (χ0n) is 12.3. The molecule has 0 saturated carbocycles. The first kappa shape index (κ1) is 16.1. The Hall–Kier alpha value is -1.00.